The summed E-state index contributed by atoms with van der Waals surface area (Å²) in [6, 6.07) is 1.02. The highest BCUT2D eigenvalue weighted by molar-refractivity contribution is 5.56. The van der Waals surface area contributed by atoms with Gasteiger partial charge in [0.15, 0.2) is 0 Å². The highest BCUT2D eigenvalue weighted by Crippen LogP contribution is 2.26. The van der Waals surface area contributed by atoms with Crippen molar-refractivity contribution in [2.75, 3.05) is 10.9 Å². The molecule has 0 saturated carbocycles. The van der Waals surface area contributed by atoms with Gasteiger partial charge < -0.3 is 10.9 Å². The molecule has 1 aliphatic heterocycles. The Balaban J connectivity index is 2.22. The summed E-state index contributed by atoms with van der Waals surface area (Å²) < 4.78 is 0. The average Bonchev–Trinajstić information content (AvgIpc) is 2.42. The maximum absolute atomic E-state index is 5.50. The summed E-state index contributed by atoms with van der Waals surface area (Å²) in [6.45, 7) is 6.57. The van der Waals surface area contributed by atoms with Crippen LogP contribution < -0.4 is 16.7 Å². The molecular formula is C13H24N6. The first-order chi connectivity index (χ1) is 9.17. The minimum absolute atomic E-state index is 0.512. The van der Waals surface area contributed by atoms with Gasteiger partial charge in [-0.05, 0) is 33.1 Å². The zero-order valence-corrected chi connectivity index (χ0v) is 12.0. The number of anilines is 2. The second kappa shape index (κ2) is 6.16. The van der Waals surface area contributed by atoms with Crippen LogP contribution in [0.2, 0.25) is 0 Å². The number of piperidine rings is 1. The lowest BCUT2D eigenvalue weighted by Crippen LogP contribution is -2.47. The van der Waals surface area contributed by atoms with Gasteiger partial charge in [0, 0.05) is 17.6 Å². The minimum atomic E-state index is 0.512. The monoisotopic (exact) mass is 264 g/mol. The number of nitrogens with two attached hydrogens (primary N) is 1. The smallest absolute Gasteiger partial charge is 0.149 e. The molecule has 6 heteroatoms. The molecule has 2 unspecified atom stereocenters. The Labute approximate surface area is 114 Å². The third-order valence-corrected chi connectivity index (χ3v) is 3.86. The Kier molecular flexibility index (Phi) is 4.55. The lowest BCUT2D eigenvalue weighted by Gasteiger charge is -2.39. The fourth-order valence-electron chi connectivity index (χ4n) is 2.73. The standard InChI is InChI=1S/C13H24N6/c1-4-11-12(17-14)15-8-16-13(11)18-19-9(2)6-5-7-10(19)3/h8-10H,4-7,14H2,1-3H3,(H2,15,16,17,18). The molecule has 0 bridgehead atoms. The van der Waals surface area contributed by atoms with Gasteiger partial charge in [-0.15, -0.1) is 0 Å². The molecule has 1 aromatic rings. The third kappa shape index (κ3) is 2.96. The number of nitrogens with zero attached hydrogens (tertiary/aromatic N) is 3. The number of rotatable bonds is 4. The van der Waals surface area contributed by atoms with Crippen molar-refractivity contribution in [3.63, 3.8) is 0 Å². The Hall–Kier alpha value is -1.40. The van der Waals surface area contributed by atoms with E-state index in [0.29, 0.717) is 17.9 Å². The molecule has 0 amide bonds. The van der Waals surface area contributed by atoms with E-state index < -0.39 is 0 Å². The molecule has 1 aromatic heterocycles. The molecule has 6 nitrogen and oxygen atoms in total. The van der Waals surface area contributed by atoms with Crippen LogP contribution >= 0.6 is 0 Å². The van der Waals surface area contributed by atoms with Gasteiger partial charge in [-0.25, -0.2) is 20.8 Å². The van der Waals surface area contributed by atoms with E-state index in [4.69, 9.17) is 5.84 Å². The molecule has 106 valence electrons. The topological polar surface area (TPSA) is 79.1 Å². The zero-order valence-electron chi connectivity index (χ0n) is 12.0. The summed E-state index contributed by atoms with van der Waals surface area (Å²) in [5.41, 5.74) is 7.12. The van der Waals surface area contributed by atoms with Crippen molar-refractivity contribution >= 4 is 11.6 Å². The van der Waals surface area contributed by atoms with Gasteiger partial charge in [0.25, 0.3) is 0 Å². The van der Waals surface area contributed by atoms with Crippen LogP contribution in [0.15, 0.2) is 6.33 Å². The molecule has 0 aliphatic carbocycles. The van der Waals surface area contributed by atoms with Crippen molar-refractivity contribution in [3.05, 3.63) is 11.9 Å². The van der Waals surface area contributed by atoms with Crippen LogP contribution in [0, 0.1) is 0 Å². The first-order valence-electron chi connectivity index (χ1n) is 7.02. The molecular weight excluding hydrogens is 240 g/mol. The SMILES string of the molecule is CCc1c(NN)ncnc1NN1C(C)CCCC1C. The number of hydrogen-bond acceptors (Lipinski definition) is 6. The molecule has 0 radical (unpaired) electrons. The third-order valence-electron chi connectivity index (χ3n) is 3.86. The maximum atomic E-state index is 5.50. The van der Waals surface area contributed by atoms with Gasteiger partial charge in [-0.2, -0.15) is 0 Å². The lowest BCUT2D eigenvalue weighted by atomic mass is 10.00. The van der Waals surface area contributed by atoms with Crippen LogP contribution in [-0.2, 0) is 6.42 Å². The molecule has 2 atom stereocenters. The largest absolute Gasteiger partial charge is 0.308 e. The van der Waals surface area contributed by atoms with Crippen molar-refractivity contribution in [1.29, 1.82) is 0 Å². The van der Waals surface area contributed by atoms with Crippen molar-refractivity contribution < 1.29 is 0 Å². The van der Waals surface area contributed by atoms with Crippen molar-refractivity contribution in [2.45, 2.75) is 58.5 Å². The summed E-state index contributed by atoms with van der Waals surface area (Å²) >= 11 is 0. The van der Waals surface area contributed by atoms with E-state index in [0.717, 1.165) is 17.8 Å². The number of aromatic nitrogens is 2. The quantitative estimate of drug-likeness (QED) is 0.569. The van der Waals surface area contributed by atoms with E-state index in [2.05, 4.69) is 46.6 Å². The maximum Gasteiger partial charge on any atom is 0.149 e. The van der Waals surface area contributed by atoms with Crippen molar-refractivity contribution in [3.8, 4) is 0 Å². The van der Waals surface area contributed by atoms with E-state index in [-0.39, 0.29) is 0 Å². The van der Waals surface area contributed by atoms with E-state index in [9.17, 15) is 0 Å². The summed E-state index contributed by atoms with van der Waals surface area (Å²) in [4.78, 5) is 8.52. The molecule has 0 aromatic carbocycles. The van der Waals surface area contributed by atoms with E-state index in [1.54, 1.807) is 0 Å². The van der Waals surface area contributed by atoms with E-state index in [1.165, 1.54) is 25.6 Å². The number of nitrogen functional groups attached to an aromatic ring is 1. The molecule has 0 spiro atoms. The second-order valence-corrected chi connectivity index (χ2v) is 5.20. The summed E-state index contributed by atoms with van der Waals surface area (Å²) in [5.74, 6) is 7.05. The van der Waals surface area contributed by atoms with Gasteiger partial charge in [-0.3, -0.25) is 0 Å². The molecule has 4 N–H and O–H groups in total. The normalized spacial score (nSPS) is 24.2. The highest BCUT2D eigenvalue weighted by Gasteiger charge is 2.25. The fraction of sp³-hybridized carbons (Fsp3) is 0.692. The first kappa shape index (κ1) is 14.0. The molecule has 2 rings (SSSR count). The van der Waals surface area contributed by atoms with Gasteiger partial charge >= 0.3 is 0 Å². The van der Waals surface area contributed by atoms with Crippen LogP contribution in [0.5, 0.6) is 0 Å². The Morgan fingerprint density at radius 2 is 1.89 bits per heavy atom. The summed E-state index contributed by atoms with van der Waals surface area (Å²) in [7, 11) is 0. The number of nitrogens with one attached hydrogen (secondary N) is 2. The van der Waals surface area contributed by atoms with Crippen molar-refractivity contribution in [1.82, 2.24) is 15.0 Å². The number of hydrazine groups is 2. The van der Waals surface area contributed by atoms with Gasteiger partial charge in [0.1, 0.15) is 18.0 Å². The van der Waals surface area contributed by atoms with Gasteiger partial charge in [-0.1, -0.05) is 13.3 Å². The molecule has 2 heterocycles. The van der Waals surface area contributed by atoms with E-state index in [1.807, 2.05) is 0 Å². The zero-order chi connectivity index (χ0) is 13.8. The van der Waals surface area contributed by atoms with Gasteiger partial charge in [0.05, 0.1) is 0 Å². The predicted octanol–water partition coefficient (Wildman–Crippen LogP) is 1.91. The Bertz CT molecular complexity index is 412. The minimum Gasteiger partial charge on any atom is -0.308 e. The van der Waals surface area contributed by atoms with Crippen LogP contribution in [0.3, 0.4) is 0 Å². The van der Waals surface area contributed by atoms with Crippen LogP contribution in [-0.4, -0.2) is 27.1 Å². The van der Waals surface area contributed by atoms with E-state index >= 15 is 0 Å². The fourth-order valence-corrected chi connectivity index (χ4v) is 2.73. The average molecular weight is 264 g/mol. The van der Waals surface area contributed by atoms with Crippen LogP contribution in [0.25, 0.3) is 0 Å². The highest BCUT2D eigenvalue weighted by atomic mass is 15.5. The summed E-state index contributed by atoms with van der Waals surface area (Å²) in [5, 5.41) is 2.30. The first-order valence-corrected chi connectivity index (χ1v) is 7.02. The molecule has 1 aliphatic rings. The van der Waals surface area contributed by atoms with Crippen LogP contribution in [0.1, 0.15) is 45.6 Å². The summed E-state index contributed by atoms with van der Waals surface area (Å²) in [6.07, 6.45) is 6.09. The second-order valence-electron chi connectivity index (χ2n) is 5.20. The molecule has 19 heavy (non-hydrogen) atoms. The van der Waals surface area contributed by atoms with Crippen molar-refractivity contribution in [2.24, 2.45) is 5.84 Å². The molecule has 1 saturated heterocycles. The number of hydrogen-bond donors (Lipinski definition) is 3. The lowest BCUT2D eigenvalue weighted by molar-refractivity contribution is 0.135. The van der Waals surface area contributed by atoms with Crippen LogP contribution in [0.4, 0.5) is 11.6 Å². The van der Waals surface area contributed by atoms with Gasteiger partial charge in [0.2, 0.25) is 0 Å². The Morgan fingerprint density at radius 1 is 1.26 bits per heavy atom. The Morgan fingerprint density at radius 3 is 2.47 bits per heavy atom. The molecule has 1 fully saturated rings. The predicted molar refractivity (Wildman–Crippen MR) is 77.5 cm³/mol.